The van der Waals surface area contributed by atoms with Gasteiger partial charge in [0.25, 0.3) is 17.7 Å². The molecule has 1 aliphatic heterocycles. The van der Waals surface area contributed by atoms with Crippen molar-refractivity contribution in [1.29, 1.82) is 0 Å². The maximum Gasteiger partial charge on any atom is 0.341 e. The number of esters is 2. The van der Waals surface area contributed by atoms with Crippen molar-refractivity contribution < 1.29 is 33.4 Å². The maximum absolute atomic E-state index is 13.4. The molecule has 2 aromatic rings. The second kappa shape index (κ2) is 12.7. The van der Waals surface area contributed by atoms with Crippen molar-refractivity contribution in [2.75, 3.05) is 18.5 Å². The van der Waals surface area contributed by atoms with Crippen LogP contribution < -0.4 is 5.32 Å². The van der Waals surface area contributed by atoms with Gasteiger partial charge in [-0.05, 0) is 108 Å². The van der Waals surface area contributed by atoms with E-state index in [1.54, 1.807) is 20.8 Å². The van der Waals surface area contributed by atoms with Gasteiger partial charge >= 0.3 is 11.9 Å². The first-order chi connectivity index (χ1) is 18.9. The van der Waals surface area contributed by atoms with E-state index in [9.17, 15) is 24.0 Å². The van der Waals surface area contributed by atoms with Crippen LogP contribution in [0.2, 0.25) is 0 Å². The Morgan fingerprint density at radius 3 is 2.05 bits per heavy atom. The first kappa shape index (κ1) is 31.3. The van der Waals surface area contributed by atoms with E-state index in [1.165, 1.54) is 11.3 Å². The van der Waals surface area contributed by atoms with E-state index >= 15 is 0 Å². The highest BCUT2D eigenvalue weighted by atomic mass is 79.9. The van der Waals surface area contributed by atoms with Gasteiger partial charge in [-0.2, -0.15) is 0 Å². The third-order valence-corrected chi connectivity index (χ3v) is 12.5. The smallest absolute Gasteiger partial charge is 0.341 e. The highest BCUT2D eigenvalue weighted by molar-refractivity contribution is 9.15. The van der Waals surface area contributed by atoms with Crippen LogP contribution in [0.1, 0.15) is 75.1 Å². The van der Waals surface area contributed by atoms with Gasteiger partial charge in [0.2, 0.25) is 0 Å². The van der Waals surface area contributed by atoms with Crippen molar-refractivity contribution in [1.82, 2.24) is 4.90 Å². The number of carbonyl (C=O) groups excluding carboxylic acids is 5. The van der Waals surface area contributed by atoms with Crippen LogP contribution in [0, 0.1) is 5.92 Å². The summed E-state index contributed by atoms with van der Waals surface area (Å²) in [5, 5.41) is 3.05. The molecule has 1 N–H and O–H groups in total. The van der Waals surface area contributed by atoms with Gasteiger partial charge in [0, 0.05) is 22.8 Å². The summed E-state index contributed by atoms with van der Waals surface area (Å²) in [5.74, 6) is -3.90. The summed E-state index contributed by atoms with van der Waals surface area (Å²) in [6.45, 7) is 4.59. The lowest BCUT2D eigenvalue weighted by molar-refractivity contribution is -0.152. The molecule has 1 aromatic heterocycles. The van der Waals surface area contributed by atoms with E-state index in [0.29, 0.717) is 28.5 Å². The number of nitrogens with zero attached hydrogens (tertiary/aromatic N) is 1. The van der Waals surface area contributed by atoms with Crippen LogP contribution in [0.25, 0.3) is 0 Å². The Labute approximate surface area is 268 Å². The second-order valence-electron chi connectivity index (χ2n) is 9.47. The summed E-state index contributed by atoms with van der Waals surface area (Å²) in [7, 11) is 0. The van der Waals surface area contributed by atoms with Crippen molar-refractivity contribution in [3.05, 3.63) is 45.0 Å². The van der Waals surface area contributed by atoms with E-state index in [0.717, 1.165) is 41.0 Å². The van der Waals surface area contributed by atoms with Gasteiger partial charge in [-0.3, -0.25) is 19.3 Å². The average molecular weight is 828 g/mol. The molecule has 0 saturated carbocycles. The topological polar surface area (TPSA) is 119 Å². The molecular formula is C26H24Br4N2O7S. The van der Waals surface area contributed by atoms with Gasteiger partial charge in [-0.25, -0.2) is 9.59 Å². The summed E-state index contributed by atoms with van der Waals surface area (Å²) < 4.78 is 12.3. The molecule has 1 aromatic carbocycles. The average Bonchev–Trinajstić information content (AvgIpc) is 3.39. The molecule has 214 valence electrons. The van der Waals surface area contributed by atoms with Gasteiger partial charge in [-0.15, -0.1) is 11.3 Å². The standard InChI is InChI=1S/C26H24Br4N2O7S/c1-4-38-25(36)14-11-7-5-6-8-12(11)40-22(14)31-13(33)9-39-26(37)21(10(2)3)32-23(34)15-16(24(32)35)18(28)20(30)19(29)17(15)27/h10,21H,4-9H2,1-3H3,(H,31,33)/t21-/m0/s1. The molecule has 0 fully saturated rings. The Hall–Kier alpha value is -1.61. The van der Waals surface area contributed by atoms with Crippen molar-refractivity contribution in [2.24, 2.45) is 5.92 Å². The Morgan fingerprint density at radius 1 is 0.925 bits per heavy atom. The minimum atomic E-state index is -1.28. The monoisotopic (exact) mass is 824 g/mol. The van der Waals surface area contributed by atoms with Crippen LogP contribution in [0.3, 0.4) is 0 Å². The number of fused-ring (bicyclic) bond motifs is 2. The molecule has 0 bridgehead atoms. The minimum Gasteiger partial charge on any atom is -0.462 e. The SMILES string of the molecule is CCOC(=O)c1c(NC(=O)COC(=O)[C@H](C(C)C)N2C(=O)c3c(Br)c(Br)c(Br)c(Br)c3C2=O)sc2c1CCCC2. The van der Waals surface area contributed by atoms with E-state index in [4.69, 9.17) is 9.47 Å². The molecule has 0 radical (unpaired) electrons. The zero-order valence-corrected chi connectivity index (χ0v) is 28.8. The van der Waals surface area contributed by atoms with Crippen LogP contribution in [0.4, 0.5) is 5.00 Å². The van der Waals surface area contributed by atoms with E-state index < -0.39 is 48.2 Å². The molecule has 3 amide bonds. The van der Waals surface area contributed by atoms with Crippen molar-refractivity contribution >= 4 is 110 Å². The van der Waals surface area contributed by atoms with Gasteiger partial charge in [0.15, 0.2) is 6.61 Å². The Kier molecular flexibility index (Phi) is 9.96. The third kappa shape index (κ3) is 5.70. The molecular weight excluding hydrogens is 804 g/mol. The van der Waals surface area contributed by atoms with E-state index in [2.05, 4.69) is 69.0 Å². The summed E-state index contributed by atoms with van der Waals surface area (Å²) in [4.78, 5) is 67.5. The number of imide groups is 1. The number of hydrogen-bond acceptors (Lipinski definition) is 8. The zero-order valence-electron chi connectivity index (χ0n) is 21.6. The minimum absolute atomic E-state index is 0.108. The van der Waals surface area contributed by atoms with Gasteiger partial charge < -0.3 is 14.8 Å². The number of thiophene rings is 1. The van der Waals surface area contributed by atoms with Gasteiger partial charge in [0.05, 0.1) is 23.3 Å². The second-order valence-corrected chi connectivity index (χ2v) is 13.7. The molecule has 0 spiro atoms. The lowest BCUT2D eigenvalue weighted by Crippen LogP contribution is -2.49. The van der Waals surface area contributed by atoms with Crippen LogP contribution in [0.15, 0.2) is 17.9 Å². The third-order valence-electron chi connectivity index (χ3n) is 6.53. The van der Waals surface area contributed by atoms with Crippen molar-refractivity contribution in [2.45, 2.75) is 52.5 Å². The first-order valence-corrected chi connectivity index (χ1v) is 16.4. The van der Waals surface area contributed by atoms with Crippen molar-refractivity contribution in [3.63, 3.8) is 0 Å². The number of amides is 3. The fourth-order valence-corrected chi connectivity index (χ4v) is 8.50. The molecule has 2 heterocycles. The zero-order chi connectivity index (χ0) is 29.5. The van der Waals surface area contributed by atoms with E-state index in [1.807, 2.05) is 0 Å². The molecule has 1 atom stereocenters. The quantitative estimate of drug-likeness (QED) is 0.137. The Balaban J connectivity index is 1.52. The molecule has 0 unspecified atom stereocenters. The highest BCUT2D eigenvalue weighted by Crippen LogP contribution is 2.46. The largest absolute Gasteiger partial charge is 0.462 e. The predicted molar refractivity (Wildman–Crippen MR) is 163 cm³/mol. The number of nitrogens with one attached hydrogen (secondary N) is 1. The molecule has 14 heteroatoms. The van der Waals surface area contributed by atoms with Crippen LogP contribution in [0.5, 0.6) is 0 Å². The van der Waals surface area contributed by atoms with Gasteiger partial charge in [0.1, 0.15) is 11.0 Å². The number of ether oxygens (including phenoxy) is 2. The fourth-order valence-electron chi connectivity index (χ4n) is 4.75. The lowest BCUT2D eigenvalue weighted by atomic mass is 9.95. The van der Waals surface area contributed by atoms with Crippen LogP contribution in [-0.2, 0) is 31.9 Å². The normalized spacial score (nSPS) is 15.2. The van der Waals surface area contributed by atoms with Gasteiger partial charge in [-0.1, -0.05) is 13.8 Å². The van der Waals surface area contributed by atoms with Crippen LogP contribution >= 0.6 is 75.1 Å². The van der Waals surface area contributed by atoms with E-state index in [-0.39, 0.29) is 17.7 Å². The molecule has 9 nitrogen and oxygen atoms in total. The Bertz CT molecular complexity index is 1390. The van der Waals surface area contributed by atoms with Crippen molar-refractivity contribution in [3.8, 4) is 0 Å². The molecule has 1 aliphatic carbocycles. The fraction of sp³-hybridized carbons (Fsp3) is 0.423. The number of aryl methyl sites for hydroxylation is 1. The number of hydrogen-bond donors (Lipinski definition) is 1. The summed E-state index contributed by atoms with van der Waals surface area (Å²) in [6.07, 6.45) is 3.47. The number of halogens is 4. The summed E-state index contributed by atoms with van der Waals surface area (Å²) in [6, 6.07) is -1.28. The highest BCUT2D eigenvalue weighted by Gasteiger charge is 2.48. The summed E-state index contributed by atoms with van der Waals surface area (Å²) >= 11 is 14.8. The number of carbonyl (C=O) groups is 5. The predicted octanol–water partition coefficient (Wildman–Crippen LogP) is 6.66. The lowest BCUT2D eigenvalue weighted by Gasteiger charge is -2.27. The first-order valence-electron chi connectivity index (χ1n) is 12.4. The van der Waals surface area contributed by atoms with Crippen LogP contribution in [-0.4, -0.2) is 53.8 Å². The summed E-state index contributed by atoms with van der Waals surface area (Å²) in [5.41, 5.74) is 1.46. The maximum atomic E-state index is 13.4. The number of rotatable bonds is 8. The Morgan fingerprint density at radius 2 is 1.50 bits per heavy atom. The number of anilines is 1. The number of benzene rings is 1. The molecule has 40 heavy (non-hydrogen) atoms. The molecule has 4 rings (SSSR count). The molecule has 0 saturated heterocycles. The molecule has 2 aliphatic rings.